The van der Waals surface area contributed by atoms with E-state index in [0.717, 1.165) is 43.7 Å². The number of rotatable bonds is 3. The quantitative estimate of drug-likeness (QED) is 0.753. The number of likely N-dealkylation sites (N-methyl/N-ethyl adjacent to an activating group) is 2. The van der Waals surface area contributed by atoms with E-state index in [1.165, 1.54) is 5.69 Å². The lowest BCUT2D eigenvalue weighted by Gasteiger charge is -2.38. The van der Waals surface area contributed by atoms with Crippen LogP contribution in [0.2, 0.25) is 0 Å². The molecular formula is C14H23N3O. The average molecular weight is 249 g/mol. The third kappa shape index (κ3) is 2.49. The van der Waals surface area contributed by atoms with Crippen LogP contribution >= 0.6 is 0 Å². The van der Waals surface area contributed by atoms with Crippen molar-refractivity contribution in [3.8, 4) is 0 Å². The predicted molar refractivity (Wildman–Crippen MR) is 73.2 cm³/mol. The van der Waals surface area contributed by atoms with Crippen molar-refractivity contribution < 1.29 is 4.79 Å². The van der Waals surface area contributed by atoms with Crippen LogP contribution in [0, 0.1) is 13.8 Å². The molecule has 4 heteroatoms. The SMILES string of the molecule is Cc1cc(C=O)c(C)n1CC1CN(C)CCN1C. The minimum atomic E-state index is 0.521. The Morgan fingerprint density at radius 3 is 2.67 bits per heavy atom. The summed E-state index contributed by atoms with van der Waals surface area (Å²) in [5.74, 6) is 0. The first-order chi connectivity index (χ1) is 8.52. The van der Waals surface area contributed by atoms with E-state index in [1.807, 2.05) is 13.0 Å². The molecule has 100 valence electrons. The van der Waals surface area contributed by atoms with Gasteiger partial charge in [0, 0.05) is 49.2 Å². The van der Waals surface area contributed by atoms with Gasteiger partial charge in [0.05, 0.1) is 0 Å². The molecule has 0 amide bonds. The summed E-state index contributed by atoms with van der Waals surface area (Å²) in [6.45, 7) is 8.41. The maximum Gasteiger partial charge on any atom is 0.151 e. The van der Waals surface area contributed by atoms with Gasteiger partial charge in [0.2, 0.25) is 0 Å². The summed E-state index contributed by atoms with van der Waals surface area (Å²) in [7, 11) is 4.36. The smallest absolute Gasteiger partial charge is 0.151 e. The van der Waals surface area contributed by atoms with E-state index in [0.29, 0.717) is 6.04 Å². The number of carbonyl (C=O) groups excluding carboxylic acids is 1. The lowest BCUT2D eigenvalue weighted by atomic mass is 10.2. The molecule has 0 radical (unpaired) electrons. The van der Waals surface area contributed by atoms with Crippen LogP contribution in [0.25, 0.3) is 0 Å². The van der Waals surface area contributed by atoms with Crippen LogP contribution in [0.1, 0.15) is 21.7 Å². The summed E-state index contributed by atoms with van der Waals surface area (Å²) in [4.78, 5) is 15.8. The van der Waals surface area contributed by atoms with E-state index in [4.69, 9.17) is 0 Å². The largest absolute Gasteiger partial charge is 0.347 e. The summed E-state index contributed by atoms with van der Waals surface area (Å²) in [5.41, 5.74) is 3.08. The van der Waals surface area contributed by atoms with Gasteiger partial charge in [-0.15, -0.1) is 0 Å². The molecule has 0 aliphatic carbocycles. The Morgan fingerprint density at radius 2 is 2.06 bits per heavy atom. The van der Waals surface area contributed by atoms with Crippen molar-refractivity contribution >= 4 is 6.29 Å². The molecule has 1 aliphatic rings. The van der Waals surface area contributed by atoms with E-state index in [2.05, 4.69) is 35.4 Å². The van der Waals surface area contributed by atoms with Gasteiger partial charge >= 0.3 is 0 Å². The zero-order chi connectivity index (χ0) is 13.3. The number of hydrogen-bond donors (Lipinski definition) is 0. The number of hydrogen-bond acceptors (Lipinski definition) is 3. The van der Waals surface area contributed by atoms with E-state index in [9.17, 15) is 4.79 Å². The van der Waals surface area contributed by atoms with Crippen molar-refractivity contribution in [1.29, 1.82) is 0 Å². The number of piperazine rings is 1. The first kappa shape index (κ1) is 13.3. The molecule has 1 atom stereocenters. The Balaban J connectivity index is 2.17. The maximum absolute atomic E-state index is 11.0. The topological polar surface area (TPSA) is 28.5 Å². The minimum absolute atomic E-state index is 0.521. The number of nitrogens with zero attached hydrogens (tertiary/aromatic N) is 3. The maximum atomic E-state index is 11.0. The molecule has 1 aromatic rings. The molecule has 1 aromatic heterocycles. The van der Waals surface area contributed by atoms with Crippen LogP contribution < -0.4 is 0 Å². The summed E-state index contributed by atoms with van der Waals surface area (Å²) < 4.78 is 2.27. The van der Waals surface area contributed by atoms with Crippen molar-refractivity contribution in [3.63, 3.8) is 0 Å². The first-order valence-electron chi connectivity index (χ1n) is 6.53. The molecule has 18 heavy (non-hydrogen) atoms. The third-order valence-electron chi connectivity index (χ3n) is 4.11. The molecule has 2 rings (SSSR count). The van der Waals surface area contributed by atoms with E-state index in [1.54, 1.807) is 0 Å². The van der Waals surface area contributed by atoms with Gasteiger partial charge in [-0.3, -0.25) is 9.69 Å². The van der Waals surface area contributed by atoms with Crippen LogP contribution in [0.15, 0.2) is 6.07 Å². The van der Waals surface area contributed by atoms with Gasteiger partial charge < -0.3 is 9.47 Å². The molecule has 1 unspecified atom stereocenters. The molecule has 0 spiro atoms. The summed E-state index contributed by atoms with van der Waals surface area (Å²) in [6.07, 6.45) is 0.954. The van der Waals surface area contributed by atoms with Gasteiger partial charge in [0.1, 0.15) is 0 Å². The standard InChI is InChI=1S/C14H23N3O/c1-11-7-13(10-18)12(2)17(11)9-14-8-15(3)5-6-16(14)4/h7,10,14H,5-6,8-9H2,1-4H3. The lowest BCUT2D eigenvalue weighted by Crippen LogP contribution is -2.51. The van der Waals surface area contributed by atoms with Crippen LogP contribution in [-0.2, 0) is 6.54 Å². The van der Waals surface area contributed by atoms with Gasteiger partial charge in [0.25, 0.3) is 0 Å². The number of aldehydes is 1. The second kappa shape index (κ2) is 5.24. The molecule has 4 nitrogen and oxygen atoms in total. The summed E-state index contributed by atoms with van der Waals surface area (Å²) >= 11 is 0. The number of carbonyl (C=O) groups is 1. The average Bonchev–Trinajstić information content (AvgIpc) is 2.61. The van der Waals surface area contributed by atoms with Gasteiger partial charge in [-0.1, -0.05) is 0 Å². The normalized spacial score (nSPS) is 22.3. The first-order valence-corrected chi connectivity index (χ1v) is 6.53. The molecule has 0 bridgehead atoms. The highest BCUT2D eigenvalue weighted by atomic mass is 16.1. The summed E-state index contributed by atoms with van der Waals surface area (Å²) in [5, 5.41) is 0. The Hall–Kier alpha value is -1.13. The Labute approximate surface area is 109 Å². The molecular weight excluding hydrogens is 226 g/mol. The monoisotopic (exact) mass is 249 g/mol. The van der Waals surface area contributed by atoms with E-state index >= 15 is 0 Å². The van der Waals surface area contributed by atoms with Gasteiger partial charge in [-0.05, 0) is 34.0 Å². The highest BCUT2D eigenvalue weighted by molar-refractivity contribution is 5.77. The van der Waals surface area contributed by atoms with Gasteiger partial charge in [-0.2, -0.15) is 0 Å². The van der Waals surface area contributed by atoms with E-state index < -0.39 is 0 Å². The highest BCUT2D eigenvalue weighted by Crippen LogP contribution is 2.16. The second-order valence-corrected chi connectivity index (χ2v) is 5.45. The third-order valence-corrected chi connectivity index (χ3v) is 4.11. The van der Waals surface area contributed by atoms with Crippen molar-refractivity contribution in [1.82, 2.24) is 14.4 Å². The summed E-state index contributed by atoms with van der Waals surface area (Å²) in [6, 6.07) is 2.50. The zero-order valence-electron chi connectivity index (χ0n) is 11.8. The van der Waals surface area contributed by atoms with Gasteiger partial charge in [-0.25, -0.2) is 0 Å². The Kier molecular flexibility index (Phi) is 3.88. The molecule has 1 fully saturated rings. The molecule has 1 saturated heterocycles. The predicted octanol–water partition coefficient (Wildman–Crippen LogP) is 1.16. The minimum Gasteiger partial charge on any atom is -0.347 e. The van der Waals surface area contributed by atoms with Crippen LogP contribution in [0.3, 0.4) is 0 Å². The van der Waals surface area contributed by atoms with Crippen molar-refractivity contribution in [2.45, 2.75) is 26.4 Å². The number of aromatic nitrogens is 1. The molecule has 0 aromatic carbocycles. The molecule has 0 saturated carbocycles. The zero-order valence-corrected chi connectivity index (χ0v) is 11.8. The number of aryl methyl sites for hydroxylation is 1. The van der Waals surface area contributed by atoms with Crippen LogP contribution in [-0.4, -0.2) is 60.4 Å². The highest BCUT2D eigenvalue weighted by Gasteiger charge is 2.23. The fourth-order valence-corrected chi connectivity index (χ4v) is 2.74. The van der Waals surface area contributed by atoms with Crippen molar-refractivity contribution in [2.75, 3.05) is 33.7 Å². The molecule has 2 heterocycles. The Morgan fingerprint density at radius 1 is 1.33 bits per heavy atom. The fourth-order valence-electron chi connectivity index (χ4n) is 2.74. The lowest BCUT2D eigenvalue weighted by molar-refractivity contribution is 0.102. The fraction of sp³-hybridized carbons (Fsp3) is 0.643. The van der Waals surface area contributed by atoms with Crippen molar-refractivity contribution in [2.24, 2.45) is 0 Å². The Bertz CT molecular complexity index is 438. The molecule has 1 aliphatic heterocycles. The van der Waals surface area contributed by atoms with Crippen LogP contribution in [0.4, 0.5) is 0 Å². The van der Waals surface area contributed by atoms with Gasteiger partial charge in [0.15, 0.2) is 6.29 Å². The second-order valence-electron chi connectivity index (χ2n) is 5.45. The van der Waals surface area contributed by atoms with Crippen molar-refractivity contribution in [3.05, 3.63) is 23.0 Å². The van der Waals surface area contributed by atoms with Crippen LogP contribution in [0.5, 0.6) is 0 Å². The van der Waals surface area contributed by atoms with E-state index in [-0.39, 0.29) is 0 Å². The molecule has 0 N–H and O–H groups in total.